The molecule has 9 atom stereocenters. The molecule has 6 rings (SSSR count). The number of ether oxygens (including phenoxy) is 1. The molecular weight excluding hydrogens is 320 g/mol. The van der Waals surface area contributed by atoms with E-state index in [2.05, 4.69) is 20.4 Å². The highest BCUT2D eigenvalue weighted by Crippen LogP contribution is 2.75. The third-order valence-electron chi connectivity index (χ3n) is 8.74. The normalized spacial score (nSPS) is 58.8. The predicted molar refractivity (Wildman–Crippen MR) is 89.2 cm³/mol. The SMILES string of the molecule is C=C1C(=O)C23C4CC5C(C)(C)CCCC5(C(O)O4)C2[C@@H](O)CC1[C@H]3O. The number of rotatable bonds is 0. The van der Waals surface area contributed by atoms with Gasteiger partial charge < -0.3 is 20.1 Å². The zero-order chi connectivity index (χ0) is 17.9. The Kier molecular flexibility index (Phi) is 2.99. The quantitative estimate of drug-likeness (QED) is 0.576. The van der Waals surface area contributed by atoms with E-state index in [1.807, 2.05) is 0 Å². The lowest BCUT2D eigenvalue weighted by Gasteiger charge is -2.72. The highest BCUT2D eigenvalue weighted by Gasteiger charge is 2.81. The predicted octanol–water partition coefficient (Wildman–Crippen LogP) is 1.40. The van der Waals surface area contributed by atoms with Crippen molar-refractivity contribution in [1.82, 2.24) is 0 Å². The van der Waals surface area contributed by atoms with Crippen LogP contribution in [0.25, 0.3) is 0 Å². The molecule has 0 aromatic rings. The summed E-state index contributed by atoms with van der Waals surface area (Å²) < 4.78 is 5.99. The first-order valence-corrected chi connectivity index (χ1v) is 9.62. The van der Waals surface area contributed by atoms with Crippen LogP contribution in [0.3, 0.4) is 0 Å². The number of ketones is 1. The maximum Gasteiger partial charge on any atom is 0.170 e. The molecule has 7 unspecified atom stereocenters. The Balaban J connectivity index is 1.76. The largest absolute Gasteiger partial charge is 0.393 e. The highest BCUT2D eigenvalue weighted by molar-refractivity contribution is 6.04. The molecular formula is C20H28O5. The second-order valence-corrected chi connectivity index (χ2v) is 9.84. The van der Waals surface area contributed by atoms with Gasteiger partial charge in [0, 0.05) is 17.3 Å². The van der Waals surface area contributed by atoms with Crippen LogP contribution in [0, 0.1) is 34.0 Å². The van der Waals surface area contributed by atoms with Crippen LogP contribution in [0.15, 0.2) is 12.2 Å². The first-order valence-electron chi connectivity index (χ1n) is 9.62. The third kappa shape index (κ3) is 1.51. The average molecular weight is 348 g/mol. The van der Waals surface area contributed by atoms with Crippen LogP contribution >= 0.6 is 0 Å². The van der Waals surface area contributed by atoms with E-state index in [-0.39, 0.29) is 23.0 Å². The van der Waals surface area contributed by atoms with Gasteiger partial charge in [-0.05, 0) is 42.6 Å². The van der Waals surface area contributed by atoms with Crippen LogP contribution < -0.4 is 0 Å². The number of hydrogen-bond donors (Lipinski definition) is 3. The molecule has 138 valence electrons. The summed E-state index contributed by atoms with van der Waals surface area (Å²) in [5.74, 6) is -0.793. The van der Waals surface area contributed by atoms with E-state index in [0.29, 0.717) is 18.4 Å². The Bertz CT molecular complexity index is 671. The lowest BCUT2D eigenvalue weighted by atomic mass is 9.37. The van der Waals surface area contributed by atoms with Crippen molar-refractivity contribution in [2.75, 3.05) is 0 Å². The molecule has 2 spiro atoms. The number of carbonyl (C=O) groups excluding carboxylic acids is 1. The fourth-order valence-electron chi connectivity index (χ4n) is 7.90. The van der Waals surface area contributed by atoms with Gasteiger partial charge in [-0.15, -0.1) is 0 Å². The van der Waals surface area contributed by atoms with Gasteiger partial charge in [0.1, 0.15) is 0 Å². The number of aliphatic hydroxyl groups is 3. The molecule has 6 fully saturated rings. The molecule has 4 bridgehead atoms. The summed E-state index contributed by atoms with van der Waals surface area (Å²) in [4.78, 5) is 13.3. The third-order valence-corrected chi connectivity index (χ3v) is 8.74. The van der Waals surface area contributed by atoms with Crippen LogP contribution in [0.2, 0.25) is 0 Å². The highest BCUT2D eigenvalue weighted by atomic mass is 16.6. The maximum atomic E-state index is 13.3. The first kappa shape index (κ1) is 16.4. The summed E-state index contributed by atoms with van der Waals surface area (Å²) in [6.07, 6.45) is 0.652. The van der Waals surface area contributed by atoms with Gasteiger partial charge in [-0.1, -0.05) is 26.8 Å². The number of hydrogen-bond acceptors (Lipinski definition) is 5. The van der Waals surface area contributed by atoms with Gasteiger partial charge >= 0.3 is 0 Å². The number of Topliss-reactive ketones (excluding diaryl/α,β-unsaturated/α-hetero) is 1. The smallest absolute Gasteiger partial charge is 0.170 e. The van der Waals surface area contributed by atoms with Crippen molar-refractivity contribution in [2.24, 2.45) is 34.0 Å². The van der Waals surface area contributed by atoms with Crippen LogP contribution in [0.5, 0.6) is 0 Å². The Morgan fingerprint density at radius 1 is 1.16 bits per heavy atom. The van der Waals surface area contributed by atoms with Crippen molar-refractivity contribution in [3.8, 4) is 0 Å². The first-order chi connectivity index (χ1) is 11.7. The van der Waals surface area contributed by atoms with Crippen molar-refractivity contribution < 1.29 is 24.9 Å². The molecule has 0 aromatic carbocycles. The lowest BCUT2D eigenvalue weighted by molar-refractivity contribution is -0.393. The summed E-state index contributed by atoms with van der Waals surface area (Å²) in [5, 5.41) is 33.2. The van der Waals surface area contributed by atoms with Gasteiger partial charge in [-0.3, -0.25) is 4.79 Å². The van der Waals surface area contributed by atoms with Crippen molar-refractivity contribution in [1.29, 1.82) is 0 Å². The topological polar surface area (TPSA) is 87.0 Å². The van der Waals surface area contributed by atoms with E-state index in [9.17, 15) is 20.1 Å². The second kappa shape index (κ2) is 4.56. The molecule has 0 amide bonds. The van der Waals surface area contributed by atoms with Gasteiger partial charge in [0.2, 0.25) is 0 Å². The minimum Gasteiger partial charge on any atom is -0.393 e. The lowest BCUT2D eigenvalue weighted by Crippen LogP contribution is -2.78. The molecule has 5 nitrogen and oxygen atoms in total. The summed E-state index contributed by atoms with van der Waals surface area (Å²) in [6.45, 7) is 8.39. The standard InChI is InChI=1S/C20H28O5/c1-9-10-7-11(21)14-19-6-4-5-18(2,3)12(19)8-13(25-17(19)24)20(14,15(9)22)16(10)23/h10-14,16-17,21,23-24H,1,4-8H2,2-3H3/t10?,11-,12?,13?,14?,16+,17?,19?,20?/m0/s1. The van der Waals surface area contributed by atoms with Crippen LogP contribution in [0.1, 0.15) is 46.0 Å². The van der Waals surface area contributed by atoms with E-state index in [1.165, 1.54) is 0 Å². The summed E-state index contributed by atoms with van der Waals surface area (Å²) in [5.41, 5.74) is -1.34. The van der Waals surface area contributed by atoms with Crippen LogP contribution in [-0.2, 0) is 9.53 Å². The fraction of sp³-hybridized carbons (Fsp3) is 0.850. The maximum absolute atomic E-state index is 13.3. The Hall–Kier alpha value is -0.750. The van der Waals surface area contributed by atoms with Crippen LogP contribution in [-0.4, -0.2) is 45.7 Å². The minimum absolute atomic E-state index is 0.0169. The number of fused-ring (bicyclic) bond motifs is 2. The second-order valence-electron chi connectivity index (χ2n) is 9.84. The molecule has 0 radical (unpaired) electrons. The van der Waals surface area contributed by atoms with Crippen molar-refractivity contribution >= 4 is 5.78 Å². The van der Waals surface area contributed by atoms with Crippen molar-refractivity contribution in [3.05, 3.63) is 12.2 Å². The Morgan fingerprint density at radius 2 is 1.88 bits per heavy atom. The molecule has 5 heteroatoms. The monoisotopic (exact) mass is 348 g/mol. The van der Waals surface area contributed by atoms with Gasteiger partial charge in [0.05, 0.1) is 23.7 Å². The van der Waals surface area contributed by atoms with E-state index < -0.39 is 41.3 Å². The number of carbonyl (C=O) groups is 1. The average Bonchev–Trinajstić information content (AvgIpc) is 2.65. The van der Waals surface area contributed by atoms with Crippen molar-refractivity contribution in [2.45, 2.75) is 70.6 Å². The Morgan fingerprint density at radius 3 is 2.60 bits per heavy atom. The van der Waals surface area contributed by atoms with Gasteiger partial charge in [0.25, 0.3) is 0 Å². The van der Waals surface area contributed by atoms with E-state index in [4.69, 9.17) is 4.74 Å². The zero-order valence-corrected chi connectivity index (χ0v) is 14.9. The summed E-state index contributed by atoms with van der Waals surface area (Å²) in [7, 11) is 0. The van der Waals surface area contributed by atoms with E-state index in [0.717, 1.165) is 19.3 Å². The molecule has 6 aliphatic rings. The van der Waals surface area contributed by atoms with Gasteiger partial charge in [-0.2, -0.15) is 0 Å². The molecule has 4 aliphatic carbocycles. The molecule has 4 saturated carbocycles. The number of aliphatic hydroxyl groups excluding tert-OH is 3. The molecule has 2 heterocycles. The molecule has 0 aromatic heterocycles. The van der Waals surface area contributed by atoms with Gasteiger partial charge in [0.15, 0.2) is 12.1 Å². The minimum atomic E-state index is -1.12. The van der Waals surface area contributed by atoms with Gasteiger partial charge in [-0.25, -0.2) is 0 Å². The van der Waals surface area contributed by atoms with Crippen LogP contribution in [0.4, 0.5) is 0 Å². The summed E-state index contributed by atoms with van der Waals surface area (Å²) >= 11 is 0. The molecule has 2 saturated heterocycles. The molecule has 25 heavy (non-hydrogen) atoms. The van der Waals surface area contributed by atoms with E-state index in [1.54, 1.807) is 0 Å². The zero-order valence-electron chi connectivity index (χ0n) is 14.9. The Labute approximate surface area is 148 Å². The summed E-state index contributed by atoms with van der Waals surface area (Å²) in [6, 6.07) is 0. The fourth-order valence-corrected chi connectivity index (χ4v) is 7.90. The molecule has 2 aliphatic heterocycles. The van der Waals surface area contributed by atoms with Crippen molar-refractivity contribution in [3.63, 3.8) is 0 Å². The van der Waals surface area contributed by atoms with E-state index >= 15 is 0 Å². The molecule has 3 N–H and O–H groups in total.